The fourth-order valence-corrected chi connectivity index (χ4v) is 1.81. The second-order valence-corrected chi connectivity index (χ2v) is 4.95. The van der Waals surface area contributed by atoms with Crippen molar-refractivity contribution in [3.8, 4) is 0 Å². The van der Waals surface area contributed by atoms with Crippen LogP contribution in [0.3, 0.4) is 0 Å². The quantitative estimate of drug-likeness (QED) is 0.352. The maximum atomic E-state index is 11.6. The van der Waals surface area contributed by atoms with Crippen molar-refractivity contribution in [2.45, 2.75) is 52.1 Å². The second kappa shape index (κ2) is 10.2. The molecular weight excluding hydrogens is 342 g/mol. The van der Waals surface area contributed by atoms with Crippen molar-refractivity contribution in [2.24, 2.45) is 5.73 Å². The van der Waals surface area contributed by atoms with Crippen molar-refractivity contribution in [3.63, 3.8) is 0 Å². The largest absolute Gasteiger partial charge is 0.463 e. The van der Waals surface area contributed by atoms with Gasteiger partial charge in [-0.3, -0.25) is 24.0 Å². The van der Waals surface area contributed by atoms with E-state index in [-0.39, 0.29) is 0 Å². The van der Waals surface area contributed by atoms with Crippen LogP contribution in [0, 0.1) is 0 Å². The van der Waals surface area contributed by atoms with Crippen LogP contribution in [0.15, 0.2) is 0 Å². The van der Waals surface area contributed by atoms with Crippen molar-refractivity contribution in [1.82, 2.24) is 0 Å². The first kappa shape index (κ1) is 22.3. The standard InChI is InChI=1S/C14H21NO10/c1-6(16)22-5-10(20)11(23-7(2)17)12(24-8(3)18)13(14(15)21)25-9(4)19/h10-13,20H,5H2,1-4H3,(H2,15,21)/t10-,11+,12+,13-/m1/s1. The lowest BCUT2D eigenvalue weighted by Crippen LogP contribution is -2.55. The summed E-state index contributed by atoms with van der Waals surface area (Å²) in [5.41, 5.74) is 5.14. The summed E-state index contributed by atoms with van der Waals surface area (Å²) in [4.78, 5) is 56.2. The van der Waals surface area contributed by atoms with Crippen LogP contribution >= 0.6 is 0 Å². The van der Waals surface area contributed by atoms with Gasteiger partial charge in [0, 0.05) is 27.7 Å². The maximum absolute atomic E-state index is 11.6. The Kier molecular flexibility index (Phi) is 9.13. The number of esters is 4. The third-order valence-corrected chi connectivity index (χ3v) is 2.64. The van der Waals surface area contributed by atoms with Gasteiger partial charge in [-0.25, -0.2) is 0 Å². The number of ether oxygens (including phenoxy) is 4. The maximum Gasteiger partial charge on any atom is 0.303 e. The van der Waals surface area contributed by atoms with E-state index in [9.17, 15) is 29.1 Å². The molecule has 11 nitrogen and oxygen atoms in total. The zero-order valence-electron chi connectivity index (χ0n) is 14.2. The van der Waals surface area contributed by atoms with Crippen LogP contribution in [0.2, 0.25) is 0 Å². The van der Waals surface area contributed by atoms with Gasteiger partial charge >= 0.3 is 23.9 Å². The number of amides is 1. The number of carbonyl (C=O) groups is 5. The molecular formula is C14H21NO10. The molecule has 0 aliphatic rings. The Hall–Kier alpha value is -2.69. The first-order chi connectivity index (χ1) is 11.5. The van der Waals surface area contributed by atoms with Crippen molar-refractivity contribution >= 4 is 29.8 Å². The van der Waals surface area contributed by atoms with E-state index in [2.05, 4.69) is 4.74 Å². The molecule has 0 aromatic rings. The summed E-state index contributed by atoms with van der Waals surface area (Å²) in [5.74, 6) is -4.72. The van der Waals surface area contributed by atoms with Gasteiger partial charge in [-0.1, -0.05) is 0 Å². The molecule has 0 aliphatic heterocycles. The third-order valence-electron chi connectivity index (χ3n) is 2.64. The van der Waals surface area contributed by atoms with Gasteiger partial charge in [0.2, 0.25) is 6.10 Å². The molecule has 0 heterocycles. The molecule has 0 bridgehead atoms. The Balaban J connectivity index is 5.74. The highest BCUT2D eigenvalue weighted by molar-refractivity contribution is 5.83. The highest BCUT2D eigenvalue weighted by Gasteiger charge is 2.44. The van der Waals surface area contributed by atoms with Crippen LogP contribution in [0.5, 0.6) is 0 Å². The van der Waals surface area contributed by atoms with Gasteiger partial charge in [0.15, 0.2) is 12.2 Å². The Morgan fingerprint density at radius 1 is 0.800 bits per heavy atom. The molecule has 3 N–H and O–H groups in total. The summed E-state index contributed by atoms with van der Waals surface area (Å²) in [7, 11) is 0. The summed E-state index contributed by atoms with van der Waals surface area (Å²) in [6.45, 7) is 3.36. The summed E-state index contributed by atoms with van der Waals surface area (Å²) in [5, 5.41) is 10.1. The van der Waals surface area contributed by atoms with Gasteiger partial charge in [-0.2, -0.15) is 0 Å². The molecule has 0 aliphatic carbocycles. The van der Waals surface area contributed by atoms with Crippen molar-refractivity contribution in [2.75, 3.05) is 6.61 Å². The van der Waals surface area contributed by atoms with Gasteiger partial charge in [-0.05, 0) is 0 Å². The normalized spacial score (nSPS) is 15.1. The third kappa shape index (κ3) is 8.65. The van der Waals surface area contributed by atoms with Crippen LogP contribution in [0.1, 0.15) is 27.7 Å². The minimum atomic E-state index is -1.85. The Labute approximate surface area is 143 Å². The van der Waals surface area contributed by atoms with Crippen LogP contribution in [0.4, 0.5) is 0 Å². The summed E-state index contributed by atoms with van der Waals surface area (Å²) in [6, 6.07) is 0. The van der Waals surface area contributed by atoms with Gasteiger partial charge in [0.25, 0.3) is 5.91 Å². The molecule has 0 spiro atoms. The summed E-state index contributed by atoms with van der Waals surface area (Å²) >= 11 is 0. The number of primary amides is 1. The zero-order chi connectivity index (χ0) is 19.7. The van der Waals surface area contributed by atoms with Crippen molar-refractivity contribution in [3.05, 3.63) is 0 Å². The topological polar surface area (TPSA) is 169 Å². The Morgan fingerprint density at radius 2 is 1.24 bits per heavy atom. The number of aliphatic hydroxyl groups is 1. The number of carbonyl (C=O) groups excluding carboxylic acids is 5. The number of hydrogen-bond donors (Lipinski definition) is 2. The number of aliphatic hydroxyl groups excluding tert-OH is 1. The van der Waals surface area contributed by atoms with Crippen molar-refractivity contribution < 1.29 is 48.0 Å². The first-order valence-corrected chi connectivity index (χ1v) is 7.08. The van der Waals surface area contributed by atoms with E-state index in [1.54, 1.807) is 0 Å². The van der Waals surface area contributed by atoms with Gasteiger partial charge in [-0.15, -0.1) is 0 Å². The minimum absolute atomic E-state index is 0.642. The summed E-state index contributed by atoms with van der Waals surface area (Å²) < 4.78 is 19.0. The summed E-state index contributed by atoms with van der Waals surface area (Å²) in [6.07, 6.45) is -7.00. The van der Waals surface area contributed by atoms with E-state index < -0.39 is 60.8 Å². The fraction of sp³-hybridized carbons (Fsp3) is 0.643. The minimum Gasteiger partial charge on any atom is -0.463 e. The van der Waals surface area contributed by atoms with Gasteiger partial charge < -0.3 is 29.8 Å². The van der Waals surface area contributed by atoms with Crippen LogP contribution in [-0.2, 0) is 42.9 Å². The highest BCUT2D eigenvalue weighted by Crippen LogP contribution is 2.18. The molecule has 0 saturated carbocycles. The Bertz CT molecular complexity index is 532. The van der Waals surface area contributed by atoms with E-state index in [0.717, 1.165) is 27.7 Å². The average Bonchev–Trinajstić information content (AvgIpc) is 2.45. The van der Waals surface area contributed by atoms with Crippen LogP contribution in [-0.4, -0.2) is 65.9 Å². The SMILES string of the molecule is CC(=O)OC[C@@H](O)[C@H](OC(C)=O)[C@H](OC(C)=O)[C@@H](OC(C)=O)C(N)=O. The predicted molar refractivity (Wildman–Crippen MR) is 78.5 cm³/mol. The molecule has 142 valence electrons. The molecule has 0 aromatic carbocycles. The number of rotatable bonds is 9. The predicted octanol–water partition coefficient (Wildman–Crippen LogP) is -1.81. The number of nitrogens with two attached hydrogens (primary N) is 1. The molecule has 0 fully saturated rings. The monoisotopic (exact) mass is 363 g/mol. The molecule has 1 amide bonds. The molecule has 0 rings (SSSR count). The zero-order valence-corrected chi connectivity index (χ0v) is 14.2. The average molecular weight is 363 g/mol. The highest BCUT2D eigenvalue weighted by atomic mass is 16.6. The Morgan fingerprint density at radius 3 is 1.60 bits per heavy atom. The lowest BCUT2D eigenvalue weighted by molar-refractivity contribution is -0.197. The molecule has 0 saturated heterocycles. The molecule has 0 aromatic heterocycles. The second-order valence-electron chi connectivity index (χ2n) is 4.95. The lowest BCUT2D eigenvalue weighted by atomic mass is 10.0. The van der Waals surface area contributed by atoms with E-state index in [1.165, 1.54) is 0 Å². The first-order valence-electron chi connectivity index (χ1n) is 7.08. The van der Waals surface area contributed by atoms with E-state index in [0.29, 0.717) is 0 Å². The molecule has 25 heavy (non-hydrogen) atoms. The smallest absolute Gasteiger partial charge is 0.303 e. The van der Waals surface area contributed by atoms with Gasteiger partial charge in [0.1, 0.15) is 12.7 Å². The van der Waals surface area contributed by atoms with Crippen LogP contribution in [0.25, 0.3) is 0 Å². The molecule has 11 heteroatoms. The molecule has 0 unspecified atom stereocenters. The fourth-order valence-electron chi connectivity index (χ4n) is 1.81. The lowest BCUT2D eigenvalue weighted by Gasteiger charge is -2.32. The van der Waals surface area contributed by atoms with Crippen LogP contribution < -0.4 is 5.73 Å². The number of hydrogen-bond acceptors (Lipinski definition) is 10. The van der Waals surface area contributed by atoms with E-state index >= 15 is 0 Å². The van der Waals surface area contributed by atoms with E-state index in [1.807, 2.05) is 0 Å². The van der Waals surface area contributed by atoms with Crippen molar-refractivity contribution in [1.29, 1.82) is 0 Å². The van der Waals surface area contributed by atoms with Gasteiger partial charge in [0.05, 0.1) is 0 Å². The van der Waals surface area contributed by atoms with E-state index in [4.69, 9.17) is 19.9 Å². The molecule has 0 radical (unpaired) electrons. The molecule has 4 atom stereocenters.